The Bertz CT molecular complexity index is 1050. The van der Waals surface area contributed by atoms with Crippen LogP contribution in [0, 0.1) is 20.8 Å². The first-order valence-corrected chi connectivity index (χ1v) is 11.4. The zero-order valence-electron chi connectivity index (χ0n) is 19.6. The molecule has 2 N–H and O–H groups in total. The maximum absolute atomic E-state index is 12.7. The highest BCUT2D eigenvalue weighted by molar-refractivity contribution is 6.32. The summed E-state index contributed by atoms with van der Waals surface area (Å²) < 4.78 is 5.80. The largest absolute Gasteiger partial charge is 0.507 e. The molecule has 0 unspecified atom stereocenters. The van der Waals surface area contributed by atoms with Gasteiger partial charge in [0.25, 0.3) is 5.91 Å². The number of anilines is 1. The molecule has 0 fully saturated rings. The van der Waals surface area contributed by atoms with Crippen molar-refractivity contribution >= 4 is 34.8 Å². The first-order valence-electron chi connectivity index (χ1n) is 10.6. The Morgan fingerprint density at radius 3 is 2.06 bits per heavy atom. The van der Waals surface area contributed by atoms with Gasteiger partial charge in [-0.15, -0.1) is 0 Å². The van der Waals surface area contributed by atoms with Gasteiger partial charge in [-0.3, -0.25) is 4.79 Å². The van der Waals surface area contributed by atoms with Gasteiger partial charge in [-0.2, -0.15) is 0 Å². The quantitative estimate of drug-likeness (QED) is 0.396. The normalized spacial score (nSPS) is 9.66. The fraction of sp³-hybridized carbons (Fsp3) is 0.269. The lowest BCUT2D eigenvalue weighted by atomic mass is 10.0. The van der Waals surface area contributed by atoms with Crippen molar-refractivity contribution in [1.82, 2.24) is 0 Å². The molecule has 0 atom stereocenters. The molecule has 0 heterocycles. The Morgan fingerprint density at radius 1 is 0.875 bits per heavy atom. The number of aryl methyl sites for hydroxylation is 3. The Morgan fingerprint density at radius 2 is 1.47 bits per heavy atom. The molecular weight excluding hydrogens is 445 g/mol. The molecule has 1 amide bonds. The molecule has 4 nitrogen and oxygen atoms in total. The van der Waals surface area contributed by atoms with E-state index in [1.165, 1.54) is 0 Å². The molecule has 6 heteroatoms. The molecule has 0 bridgehead atoms. The van der Waals surface area contributed by atoms with Crippen molar-refractivity contribution in [2.24, 2.45) is 0 Å². The zero-order chi connectivity index (χ0) is 24.4. The van der Waals surface area contributed by atoms with E-state index in [9.17, 15) is 9.90 Å². The maximum atomic E-state index is 12.7. The van der Waals surface area contributed by atoms with Crippen molar-refractivity contribution in [3.8, 4) is 17.2 Å². The number of carbonyl (C=O) groups is 1. The second-order valence-electron chi connectivity index (χ2n) is 6.59. The second kappa shape index (κ2) is 13.0. The predicted octanol–water partition coefficient (Wildman–Crippen LogP) is 8.72. The van der Waals surface area contributed by atoms with Crippen LogP contribution in [0.5, 0.6) is 17.2 Å². The minimum Gasteiger partial charge on any atom is -0.507 e. The molecule has 0 spiro atoms. The number of nitrogens with one attached hydrogen (secondary N) is 1. The van der Waals surface area contributed by atoms with E-state index in [1.807, 2.05) is 47.6 Å². The maximum Gasteiger partial charge on any atom is 0.259 e. The SMILES string of the molecule is CC.CC.Cc1cc(C)c(O)c(C(=O)Nc2cc(Cl)c(Oc3ccc(Cl)cc3)cc2C)c1. The first kappa shape index (κ1) is 27.3. The van der Waals surface area contributed by atoms with Crippen molar-refractivity contribution < 1.29 is 14.6 Å². The number of halogens is 2. The van der Waals surface area contributed by atoms with Gasteiger partial charge in [-0.25, -0.2) is 0 Å². The van der Waals surface area contributed by atoms with Crippen LogP contribution in [0.25, 0.3) is 0 Å². The number of phenolic OH excluding ortho intramolecular Hbond substituents is 1. The molecule has 3 rings (SSSR count). The average Bonchev–Trinajstić information content (AvgIpc) is 2.78. The molecule has 172 valence electrons. The van der Waals surface area contributed by atoms with Crippen LogP contribution in [0.1, 0.15) is 54.7 Å². The molecule has 3 aromatic rings. The molecule has 0 saturated carbocycles. The van der Waals surface area contributed by atoms with E-state index < -0.39 is 5.91 Å². The van der Waals surface area contributed by atoms with Crippen LogP contribution in [-0.2, 0) is 0 Å². The van der Waals surface area contributed by atoms with E-state index in [-0.39, 0.29) is 11.3 Å². The Kier molecular flexibility index (Phi) is 11.1. The van der Waals surface area contributed by atoms with Gasteiger partial charge in [0.2, 0.25) is 0 Å². The number of aromatic hydroxyl groups is 1. The predicted molar refractivity (Wildman–Crippen MR) is 136 cm³/mol. The molecule has 0 aliphatic rings. The summed E-state index contributed by atoms with van der Waals surface area (Å²) in [4.78, 5) is 12.7. The number of rotatable bonds is 4. The highest BCUT2D eigenvalue weighted by atomic mass is 35.5. The van der Waals surface area contributed by atoms with Gasteiger partial charge in [0.1, 0.15) is 17.2 Å². The topological polar surface area (TPSA) is 58.6 Å². The van der Waals surface area contributed by atoms with Crippen LogP contribution in [0.3, 0.4) is 0 Å². The van der Waals surface area contributed by atoms with E-state index in [0.29, 0.717) is 32.8 Å². The first-order chi connectivity index (χ1) is 15.2. The molecule has 0 aliphatic heterocycles. The van der Waals surface area contributed by atoms with E-state index >= 15 is 0 Å². The molecule has 0 aliphatic carbocycles. The summed E-state index contributed by atoms with van der Waals surface area (Å²) in [6.07, 6.45) is 0. The summed E-state index contributed by atoms with van der Waals surface area (Å²) >= 11 is 12.2. The standard InChI is InChI=1S/C22H19Cl2NO3.2C2H6/c1-12-8-14(3)21(26)17(9-12)22(27)25-19-11-18(24)20(10-13(19)2)28-16-6-4-15(23)5-7-16;2*1-2/h4-11,26H,1-3H3,(H,25,27);2*1-2H3. The average molecular weight is 476 g/mol. The van der Waals surface area contributed by atoms with Crippen LogP contribution in [0.2, 0.25) is 10.0 Å². The molecule has 32 heavy (non-hydrogen) atoms. The summed E-state index contributed by atoms with van der Waals surface area (Å²) in [6, 6.07) is 13.8. The summed E-state index contributed by atoms with van der Waals surface area (Å²) in [5.41, 5.74) is 3.06. The van der Waals surface area contributed by atoms with Gasteiger partial charge in [0, 0.05) is 10.7 Å². The fourth-order valence-electron chi connectivity index (χ4n) is 2.82. The van der Waals surface area contributed by atoms with Gasteiger partial charge in [-0.1, -0.05) is 57.0 Å². The zero-order valence-corrected chi connectivity index (χ0v) is 21.2. The summed E-state index contributed by atoms with van der Waals surface area (Å²) in [6.45, 7) is 13.5. The number of carbonyl (C=O) groups excluding carboxylic acids is 1. The third kappa shape index (κ3) is 7.18. The van der Waals surface area contributed by atoms with Gasteiger partial charge in [-0.05, 0) is 79.9 Å². The number of benzene rings is 3. The van der Waals surface area contributed by atoms with E-state index in [4.69, 9.17) is 27.9 Å². The third-order valence-electron chi connectivity index (χ3n) is 4.26. The molecular formula is C26H31Cl2NO3. The van der Waals surface area contributed by atoms with Crippen molar-refractivity contribution in [3.63, 3.8) is 0 Å². The minimum absolute atomic E-state index is 0.0328. The van der Waals surface area contributed by atoms with Crippen molar-refractivity contribution in [2.75, 3.05) is 5.32 Å². The van der Waals surface area contributed by atoms with Gasteiger partial charge in [0.05, 0.1) is 10.6 Å². The highest BCUT2D eigenvalue weighted by Crippen LogP contribution is 2.35. The second-order valence-corrected chi connectivity index (χ2v) is 7.43. The van der Waals surface area contributed by atoms with E-state index in [2.05, 4.69) is 5.32 Å². The lowest BCUT2D eigenvalue weighted by molar-refractivity contribution is 0.102. The lowest BCUT2D eigenvalue weighted by Gasteiger charge is -2.14. The van der Waals surface area contributed by atoms with Crippen LogP contribution >= 0.6 is 23.2 Å². The van der Waals surface area contributed by atoms with E-state index in [0.717, 1.165) is 11.1 Å². The number of ether oxygens (including phenoxy) is 1. The van der Waals surface area contributed by atoms with Crippen LogP contribution in [-0.4, -0.2) is 11.0 Å². The molecule has 0 radical (unpaired) electrons. The number of hydrogen-bond donors (Lipinski definition) is 2. The Hall–Kier alpha value is -2.69. The third-order valence-corrected chi connectivity index (χ3v) is 4.81. The van der Waals surface area contributed by atoms with Crippen LogP contribution in [0.4, 0.5) is 5.69 Å². The van der Waals surface area contributed by atoms with Gasteiger partial charge >= 0.3 is 0 Å². The molecule has 3 aromatic carbocycles. The van der Waals surface area contributed by atoms with Gasteiger partial charge < -0.3 is 15.2 Å². The Labute approximate surface area is 201 Å². The molecule has 0 aromatic heterocycles. The van der Waals surface area contributed by atoms with Crippen molar-refractivity contribution in [3.05, 3.63) is 80.8 Å². The summed E-state index contributed by atoms with van der Waals surface area (Å²) in [5, 5.41) is 14.0. The minimum atomic E-state index is -0.408. The number of hydrogen-bond acceptors (Lipinski definition) is 3. The lowest BCUT2D eigenvalue weighted by Crippen LogP contribution is -2.13. The van der Waals surface area contributed by atoms with Gasteiger partial charge in [0.15, 0.2) is 0 Å². The molecule has 0 saturated heterocycles. The fourth-order valence-corrected chi connectivity index (χ4v) is 3.15. The number of phenols is 1. The summed E-state index contributed by atoms with van der Waals surface area (Å²) in [7, 11) is 0. The number of amides is 1. The van der Waals surface area contributed by atoms with Crippen molar-refractivity contribution in [1.29, 1.82) is 0 Å². The van der Waals surface area contributed by atoms with E-state index in [1.54, 1.807) is 49.4 Å². The van der Waals surface area contributed by atoms with Crippen LogP contribution < -0.4 is 10.1 Å². The van der Waals surface area contributed by atoms with Crippen LogP contribution in [0.15, 0.2) is 48.5 Å². The smallest absolute Gasteiger partial charge is 0.259 e. The summed E-state index contributed by atoms with van der Waals surface area (Å²) in [5.74, 6) is 0.626. The Balaban J connectivity index is 0.00000121. The van der Waals surface area contributed by atoms with Crippen molar-refractivity contribution in [2.45, 2.75) is 48.5 Å². The highest BCUT2D eigenvalue weighted by Gasteiger charge is 2.16. The monoisotopic (exact) mass is 475 g/mol.